The Morgan fingerprint density at radius 3 is 2.12 bits per heavy atom. The Kier molecular flexibility index (Phi) is 3.97. The monoisotopic (exact) mass is 327 g/mol. The van der Waals surface area contributed by atoms with E-state index in [0.29, 0.717) is 11.6 Å². The Labute approximate surface area is 144 Å². The number of hydrogen-bond acceptors (Lipinski definition) is 5. The maximum atomic E-state index is 9.58. The molecule has 0 aliphatic heterocycles. The van der Waals surface area contributed by atoms with Crippen LogP contribution in [0.3, 0.4) is 0 Å². The van der Waals surface area contributed by atoms with Crippen molar-refractivity contribution in [2.75, 3.05) is 0 Å². The summed E-state index contributed by atoms with van der Waals surface area (Å²) in [6, 6.07) is 23.2. The van der Waals surface area contributed by atoms with Crippen LogP contribution < -0.4 is 5.72 Å². The standard InChI is InChI=1S/C19H14BN3O2/c24-20(25)19-22-17(14-8-2-1-3-9-14)21-18(23-19)16-12-6-10-13-7-4-5-11-15(13)16/h1-12,24-25H. The third-order valence-corrected chi connectivity index (χ3v) is 3.95. The van der Waals surface area contributed by atoms with Crippen LogP contribution in [-0.2, 0) is 0 Å². The van der Waals surface area contributed by atoms with Crippen molar-refractivity contribution in [3.05, 3.63) is 72.8 Å². The van der Waals surface area contributed by atoms with Gasteiger partial charge in [0.2, 0.25) is 0 Å². The first-order valence-electron chi connectivity index (χ1n) is 7.88. The Bertz CT molecular complexity index is 1030. The van der Waals surface area contributed by atoms with Crippen molar-refractivity contribution in [2.45, 2.75) is 0 Å². The SMILES string of the molecule is OB(O)c1nc(-c2ccccc2)nc(-c2cccc3ccccc23)n1. The van der Waals surface area contributed by atoms with Gasteiger partial charge in [-0.15, -0.1) is 0 Å². The molecule has 120 valence electrons. The van der Waals surface area contributed by atoms with Gasteiger partial charge in [-0.1, -0.05) is 72.8 Å². The quantitative estimate of drug-likeness (QED) is 0.563. The van der Waals surface area contributed by atoms with Crippen LogP contribution in [0.4, 0.5) is 0 Å². The molecule has 6 heteroatoms. The molecule has 0 saturated carbocycles. The van der Waals surface area contributed by atoms with Gasteiger partial charge < -0.3 is 10.0 Å². The maximum Gasteiger partial charge on any atom is 0.528 e. The molecule has 0 amide bonds. The Hall–Kier alpha value is -3.09. The van der Waals surface area contributed by atoms with E-state index < -0.39 is 7.12 Å². The summed E-state index contributed by atoms with van der Waals surface area (Å²) >= 11 is 0. The van der Waals surface area contributed by atoms with E-state index in [2.05, 4.69) is 15.0 Å². The predicted molar refractivity (Wildman–Crippen MR) is 98.0 cm³/mol. The van der Waals surface area contributed by atoms with Crippen LogP contribution in [-0.4, -0.2) is 32.1 Å². The van der Waals surface area contributed by atoms with Crippen LogP contribution in [0.15, 0.2) is 72.8 Å². The van der Waals surface area contributed by atoms with E-state index in [1.807, 2.05) is 72.8 Å². The van der Waals surface area contributed by atoms with Crippen molar-refractivity contribution in [3.63, 3.8) is 0 Å². The van der Waals surface area contributed by atoms with E-state index in [-0.39, 0.29) is 5.72 Å². The molecule has 0 aliphatic rings. The van der Waals surface area contributed by atoms with Gasteiger partial charge in [0.1, 0.15) is 0 Å². The van der Waals surface area contributed by atoms with Gasteiger partial charge >= 0.3 is 7.12 Å². The van der Waals surface area contributed by atoms with Crippen molar-refractivity contribution < 1.29 is 10.0 Å². The summed E-state index contributed by atoms with van der Waals surface area (Å²) in [6.45, 7) is 0. The molecule has 1 aromatic heterocycles. The number of nitrogens with zero attached hydrogens (tertiary/aromatic N) is 3. The lowest BCUT2D eigenvalue weighted by molar-refractivity contribution is 0.422. The molecule has 4 aromatic rings. The van der Waals surface area contributed by atoms with Crippen LogP contribution >= 0.6 is 0 Å². The minimum Gasteiger partial charge on any atom is -0.421 e. The van der Waals surface area contributed by atoms with Gasteiger partial charge in [0.05, 0.1) is 0 Å². The zero-order valence-electron chi connectivity index (χ0n) is 13.2. The molecule has 1 heterocycles. The van der Waals surface area contributed by atoms with Gasteiger partial charge in [0.25, 0.3) is 0 Å². The highest BCUT2D eigenvalue weighted by atomic mass is 16.4. The molecule has 0 bridgehead atoms. The highest BCUT2D eigenvalue weighted by Crippen LogP contribution is 2.26. The molecule has 0 atom stereocenters. The van der Waals surface area contributed by atoms with E-state index in [1.165, 1.54) is 0 Å². The fourth-order valence-electron chi connectivity index (χ4n) is 2.76. The fourth-order valence-corrected chi connectivity index (χ4v) is 2.76. The first-order chi connectivity index (χ1) is 12.2. The molecule has 2 N–H and O–H groups in total. The number of benzene rings is 3. The average Bonchev–Trinajstić information content (AvgIpc) is 2.68. The molecule has 3 aromatic carbocycles. The summed E-state index contributed by atoms with van der Waals surface area (Å²) in [5.41, 5.74) is 1.53. The second kappa shape index (κ2) is 6.43. The zero-order chi connectivity index (χ0) is 17.2. The van der Waals surface area contributed by atoms with Gasteiger partial charge in [-0.25, -0.2) is 15.0 Å². The summed E-state index contributed by atoms with van der Waals surface area (Å²) in [4.78, 5) is 13.0. The second-order valence-electron chi connectivity index (χ2n) is 5.61. The predicted octanol–water partition coefficient (Wildman–Crippen LogP) is 2.04. The fraction of sp³-hybridized carbons (Fsp3) is 0. The topological polar surface area (TPSA) is 79.1 Å². The first-order valence-corrected chi connectivity index (χ1v) is 7.88. The third kappa shape index (κ3) is 3.00. The summed E-state index contributed by atoms with van der Waals surface area (Å²) in [5, 5.41) is 21.2. The molecule has 0 unspecified atom stereocenters. The van der Waals surface area contributed by atoms with Crippen LogP contribution in [0, 0.1) is 0 Å². The Morgan fingerprint density at radius 1 is 0.640 bits per heavy atom. The average molecular weight is 327 g/mol. The second-order valence-corrected chi connectivity index (χ2v) is 5.61. The smallest absolute Gasteiger partial charge is 0.421 e. The lowest BCUT2D eigenvalue weighted by atomic mass is 9.90. The highest BCUT2D eigenvalue weighted by Gasteiger charge is 2.20. The Morgan fingerprint density at radius 2 is 1.32 bits per heavy atom. The normalized spacial score (nSPS) is 10.8. The van der Waals surface area contributed by atoms with Crippen molar-refractivity contribution in [1.29, 1.82) is 0 Å². The van der Waals surface area contributed by atoms with E-state index in [4.69, 9.17) is 0 Å². The number of fused-ring (bicyclic) bond motifs is 1. The molecule has 0 spiro atoms. The highest BCUT2D eigenvalue weighted by molar-refractivity contribution is 6.56. The molecule has 5 nitrogen and oxygen atoms in total. The summed E-state index contributed by atoms with van der Waals surface area (Å²) in [6.07, 6.45) is 0. The van der Waals surface area contributed by atoms with Gasteiger partial charge in [0, 0.05) is 11.1 Å². The van der Waals surface area contributed by atoms with Crippen molar-refractivity contribution in [1.82, 2.24) is 15.0 Å². The lowest BCUT2D eigenvalue weighted by Crippen LogP contribution is -2.36. The van der Waals surface area contributed by atoms with Gasteiger partial charge in [-0.2, -0.15) is 0 Å². The van der Waals surface area contributed by atoms with Crippen LogP contribution in [0.5, 0.6) is 0 Å². The molecular weight excluding hydrogens is 313 g/mol. The van der Waals surface area contributed by atoms with Gasteiger partial charge in [-0.3, -0.25) is 0 Å². The molecule has 0 aliphatic carbocycles. The van der Waals surface area contributed by atoms with Crippen molar-refractivity contribution >= 4 is 23.6 Å². The van der Waals surface area contributed by atoms with Crippen molar-refractivity contribution in [2.24, 2.45) is 0 Å². The molecule has 0 radical (unpaired) electrons. The van der Waals surface area contributed by atoms with Crippen LogP contribution in [0.25, 0.3) is 33.5 Å². The van der Waals surface area contributed by atoms with Gasteiger partial charge in [-0.05, 0) is 10.8 Å². The molecule has 0 fully saturated rings. The van der Waals surface area contributed by atoms with E-state index >= 15 is 0 Å². The largest absolute Gasteiger partial charge is 0.528 e. The lowest BCUT2D eigenvalue weighted by Gasteiger charge is -2.09. The molecule has 25 heavy (non-hydrogen) atoms. The molecule has 0 saturated heterocycles. The number of rotatable bonds is 3. The van der Waals surface area contributed by atoms with Crippen LogP contribution in [0.2, 0.25) is 0 Å². The first kappa shape index (κ1) is 15.4. The maximum absolute atomic E-state index is 9.58. The number of hydrogen-bond donors (Lipinski definition) is 2. The zero-order valence-corrected chi connectivity index (χ0v) is 13.2. The van der Waals surface area contributed by atoms with E-state index in [0.717, 1.165) is 21.9 Å². The molecule has 4 rings (SSSR count). The summed E-state index contributed by atoms with van der Waals surface area (Å²) in [7, 11) is -1.76. The van der Waals surface area contributed by atoms with E-state index in [9.17, 15) is 10.0 Å². The molecular formula is C19H14BN3O2. The van der Waals surface area contributed by atoms with E-state index in [1.54, 1.807) is 0 Å². The van der Waals surface area contributed by atoms with Crippen LogP contribution in [0.1, 0.15) is 0 Å². The number of aromatic nitrogens is 3. The summed E-state index contributed by atoms with van der Waals surface area (Å²) in [5.74, 6) is 0.815. The minimum atomic E-state index is -1.76. The van der Waals surface area contributed by atoms with Crippen molar-refractivity contribution in [3.8, 4) is 22.8 Å². The van der Waals surface area contributed by atoms with Gasteiger partial charge in [0.15, 0.2) is 17.4 Å². The third-order valence-electron chi connectivity index (χ3n) is 3.95. The summed E-state index contributed by atoms with van der Waals surface area (Å²) < 4.78 is 0. The minimum absolute atomic E-state index is 0.0724. The Balaban J connectivity index is 1.96.